The Labute approximate surface area is 116 Å². The van der Waals surface area contributed by atoms with Gasteiger partial charge in [-0.05, 0) is 40.9 Å². The zero-order chi connectivity index (χ0) is 12.8. The number of halogens is 1. The summed E-state index contributed by atoms with van der Waals surface area (Å²) in [6.45, 7) is 5.52. The standard InChI is InChI=1S/C14H19BrN2O/c1-14(2)12(10-4-3-7-18-13(10)14)17-9-5-6-11(15)16-8-9/h5-6,8,10,12-13,17H,3-4,7H2,1-2H3. The van der Waals surface area contributed by atoms with E-state index in [1.165, 1.54) is 12.8 Å². The van der Waals surface area contributed by atoms with Crippen molar-refractivity contribution in [2.45, 2.75) is 38.8 Å². The van der Waals surface area contributed by atoms with Gasteiger partial charge in [0.1, 0.15) is 4.60 Å². The van der Waals surface area contributed by atoms with E-state index < -0.39 is 0 Å². The first-order valence-corrected chi connectivity index (χ1v) is 7.38. The summed E-state index contributed by atoms with van der Waals surface area (Å²) in [6.07, 6.45) is 4.77. The van der Waals surface area contributed by atoms with Gasteiger partial charge in [-0.15, -0.1) is 0 Å². The average molecular weight is 311 g/mol. The van der Waals surface area contributed by atoms with Crippen LogP contribution in [-0.2, 0) is 4.74 Å². The molecule has 18 heavy (non-hydrogen) atoms. The molecule has 2 fully saturated rings. The number of anilines is 1. The van der Waals surface area contributed by atoms with E-state index in [1.54, 1.807) is 0 Å². The maximum absolute atomic E-state index is 5.92. The van der Waals surface area contributed by atoms with Gasteiger partial charge in [0, 0.05) is 24.0 Å². The molecule has 0 aromatic carbocycles. The maximum atomic E-state index is 5.92. The Hall–Kier alpha value is -0.610. The van der Waals surface area contributed by atoms with Crippen LogP contribution < -0.4 is 5.32 Å². The van der Waals surface area contributed by atoms with Crippen LogP contribution in [0.1, 0.15) is 26.7 Å². The molecular formula is C14H19BrN2O. The van der Waals surface area contributed by atoms with Crippen molar-refractivity contribution in [3.05, 3.63) is 22.9 Å². The fraction of sp³-hybridized carbons (Fsp3) is 0.643. The highest BCUT2D eigenvalue weighted by Crippen LogP contribution is 2.52. The molecule has 98 valence electrons. The van der Waals surface area contributed by atoms with Crippen molar-refractivity contribution in [3.8, 4) is 0 Å². The second-order valence-corrected chi connectivity index (χ2v) is 6.72. The summed E-state index contributed by atoms with van der Waals surface area (Å²) in [5.74, 6) is 0.650. The second kappa shape index (κ2) is 4.49. The molecule has 3 rings (SSSR count). The molecule has 2 aliphatic rings. The molecule has 0 bridgehead atoms. The molecule has 1 aliphatic heterocycles. The molecule has 0 radical (unpaired) electrons. The van der Waals surface area contributed by atoms with E-state index in [-0.39, 0.29) is 5.41 Å². The van der Waals surface area contributed by atoms with E-state index in [1.807, 2.05) is 12.3 Å². The Bertz CT molecular complexity index is 432. The van der Waals surface area contributed by atoms with Gasteiger partial charge in [0.05, 0.1) is 18.0 Å². The van der Waals surface area contributed by atoms with Gasteiger partial charge < -0.3 is 10.1 Å². The summed E-state index contributed by atoms with van der Waals surface area (Å²) in [7, 11) is 0. The van der Waals surface area contributed by atoms with Crippen molar-refractivity contribution in [2.75, 3.05) is 11.9 Å². The predicted molar refractivity (Wildman–Crippen MR) is 75.6 cm³/mol. The summed E-state index contributed by atoms with van der Waals surface area (Å²) in [4.78, 5) is 4.27. The van der Waals surface area contributed by atoms with E-state index in [9.17, 15) is 0 Å². The molecule has 0 spiro atoms. The van der Waals surface area contributed by atoms with Gasteiger partial charge >= 0.3 is 0 Å². The van der Waals surface area contributed by atoms with Gasteiger partial charge in [-0.1, -0.05) is 13.8 Å². The number of hydrogen-bond acceptors (Lipinski definition) is 3. The monoisotopic (exact) mass is 310 g/mol. The number of fused-ring (bicyclic) bond motifs is 1. The van der Waals surface area contributed by atoms with E-state index in [2.05, 4.69) is 46.1 Å². The lowest BCUT2D eigenvalue weighted by Gasteiger charge is -2.60. The zero-order valence-electron chi connectivity index (χ0n) is 10.8. The highest BCUT2D eigenvalue weighted by atomic mass is 79.9. The molecule has 1 aromatic heterocycles. The minimum atomic E-state index is 0.207. The zero-order valence-corrected chi connectivity index (χ0v) is 12.4. The number of rotatable bonds is 2. The summed E-state index contributed by atoms with van der Waals surface area (Å²) in [6, 6.07) is 4.54. The van der Waals surface area contributed by atoms with Gasteiger partial charge in [0.2, 0.25) is 0 Å². The fourth-order valence-corrected chi connectivity index (χ4v) is 3.69. The van der Waals surface area contributed by atoms with Gasteiger partial charge in [-0.2, -0.15) is 0 Å². The molecule has 1 aliphatic carbocycles. The maximum Gasteiger partial charge on any atom is 0.106 e. The van der Waals surface area contributed by atoms with Crippen LogP contribution in [0.2, 0.25) is 0 Å². The Morgan fingerprint density at radius 1 is 1.44 bits per heavy atom. The van der Waals surface area contributed by atoms with Crippen molar-refractivity contribution in [2.24, 2.45) is 11.3 Å². The predicted octanol–water partition coefficient (Wildman–Crippen LogP) is 3.46. The molecule has 4 heteroatoms. The molecule has 2 heterocycles. The first-order valence-electron chi connectivity index (χ1n) is 6.59. The summed E-state index contributed by atoms with van der Waals surface area (Å²) in [5, 5.41) is 3.63. The summed E-state index contributed by atoms with van der Waals surface area (Å²) in [5.41, 5.74) is 1.30. The molecule has 1 saturated carbocycles. The number of hydrogen-bond donors (Lipinski definition) is 1. The number of ether oxygens (including phenoxy) is 1. The lowest BCUT2D eigenvalue weighted by atomic mass is 9.55. The van der Waals surface area contributed by atoms with Crippen LogP contribution in [0.25, 0.3) is 0 Å². The first-order chi connectivity index (χ1) is 8.59. The SMILES string of the molecule is CC1(C)C(Nc2ccc(Br)nc2)C2CCCOC21. The third-order valence-electron chi connectivity index (χ3n) is 4.38. The highest BCUT2D eigenvalue weighted by molar-refractivity contribution is 9.10. The highest BCUT2D eigenvalue weighted by Gasteiger charge is 2.57. The molecule has 1 saturated heterocycles. The quantitative estimate of drug-likeness (QED) is 0.849. The third kappa shape index (κ3) is 1.95. The van der Waals surface area contributed by atoms with Crippen LogP contribution in [0.3, 0.4) is 0 Å². The van der Waals surface area contributed by atoms with Crippen LogP contribution in [0.5, 0.6) is 0 Å². The summed E-state index contributed by atoms with van der Waals surface area (Å²) >= 11 is 3.36. The minimum Gasteiger partial charge on any atom is -0.380 e. The van der Waals surface area contributed by atoms with Crippen LogP contribution in [0, 0.1) is 11.3 Å². The van der Waals surface area contributed by atoms with Crippen molar-refractivity contribution in [1.82, 2.24) is 4.98 Å². The average Bonchev–Trinajstić information content (AvgIpc) is 2.38. The molecular weight excluding hydrogens is 292 g/mol. The molecule has 3 nitrogen and oxygen atoms in total. The number of nitrogens with one attached hydrogen (secondary N) is 1. The molecule has 1 N–H and O–H groups in total. The molecule has 3 unspecified atom stereocenters. The first kappa shape index (κ1) is 12.4. The van der Waals surface area contributed by atoms with E-state index in [4.69, 9.17) is 4.74 Å². The van der Waals surface area contributed by atoms with Crippen molar-refractivity contribution in [1.29, 1.82) is 0 Å². The number of nitrogens with zero attached hydrogens (tertiary/aromatic N) is 1. The third-order valence-corrected chi connectivity index (χ3v) is 4.85. The van der Waals surface area contributed by atoms with E-state index in [0.29, 0.717) is 18.1 Å². The van der Waals surface area contributed by atoms with Crippen LogP contribution >= 0.6 is 15.9 Å². The largest absolute Gasteiger partial charge is 0.380 e. The minimum absolute atomic E-state index is 0.207. The van der Waals surface area contributed by atoms with E-state index in [0.717, 1.165) is 16.9 Å². The van der Waals surface area contributed by atoms with Crippen molar-refractivity contribution in [3.63, 3.8) is 0 Å². The summed E-state index contributed by atoms with van der Waals surface area (Å²) < 4.78 is 6.79. The second-order valence-electron chi connectivity index (χ2n) is 5.91. The number of aromatic nitrogens is 1. The van der Waals surface area contributed by atoms with Gasteiger partial charge in [-0.3, -0.25) is 0 Å². The fourth-order valence-electron chi connectivity index (χ4n) is 3.46. The molecule has 1 aromatic rings. The van der Waals surface area contributed by atoms with Crippen LogP contribution in [0.4, 0.5) is 5.69 Å². The lowest BCUT2D eigenvalue weighted by Crippen LogP contribution is -2.67. The lowest BCUT2D eigenvalue weighted by molar-refractivity contribution is -0.177. The molecule has 0 amide bonds. The van der Waals surface area contributed by atoms with Crippen LogP contribution in [-0.4, -0.2) is 23.7 Å². The van der Waals surface area contributed by atoms with Gasteiger partial charge in [0.15, 0.2) is 0 Å². The van der Waals surface area contributed by atoms with Gasteiger partial charge in [-0.25, -0.2) is 4.98 Å². The topological polar surface area (TPSA) is 34.2 Å². The Morgan fingerprint density at radius 3 is 3.00 bits per heavy atom. The van der Waals surface area contributed by atoms with Crippen LogP contribution in [0.15, 0.2) is 22.9 Å². The number of pyridine rings is 1. The van der Waals surface area contributed by atoms with Gasteiger partial charge in [0.25, 0.3) is 0 Å². The van der Waals surface area contributed by atoms with Crippen molar-refractivity contribution < 1.29 is 4.74 Å². The Kier molecular flexibility index (Phi) is 3.10. The van der Waals surface area contributed by atoms with Crippen molar-refractivity contribution >= 4 is 21.6 Å². The molecule has 3 atom stereocenters. The van der Waals surface area contributed by atoms with E-state index >= 15 is 0 Å². The smallest absolute Gasteiger partial charge is 0.106 e. The Balaban J connectivity index is 1.74. The normalized spacial score (nSPS) is 33.4. The Morgan fingerprint density at radius 2 is 2.28 bits per heavy atom.